The highest BCUT2D eigenvalue weighted by atomic mass is 16.2. The van der Waals surface area contributed by atoms with Crippen molar-refractivity contribution in [1.29, 1.82) is 0 Å². The molecule has 6 nitrogen and oxygen atoms in total. The zero-order chi connectivity index (χ0) is 20.5. The monoisotopic (exact) mass is 391 g/mol. The molecule has 1 atom stereocenters. The van der Waals surface area contributed by atoms with E-state index in [2.05, 4.69) is 5.32 Å². The molecular weight excluding hydrogens is 366 g/mol. The van der Waals surface area contributed by atoms with Gasteiger partial charge in [0.15, 0.2) is 0 Å². The van der Waals surface area contributed by atoms with Crippen LogP contribution in [0.5, 0.6) is 0 Å². The van der Waals surface area contributed by atoms with Crippen molar-refractivity contribution in [1.82, 2.24) is 0 Å². The van der Waals surface area contributed by atoms with Gasteiger partial charge in [-0.2, -0.15) is 0 Å². The Morgan fingerprint density at radius 2 is 1.97 bits per heavy atom. The first-order valence-corrected chi connectivity index (χ1v) is 10.1. The molecule has 2 aliphatic rings. The van der Waals surface area contributed by atoms with Crippen molar-refractivity contribution in [3.8, 4) is 0 Å². The molecule has 2 aromatic carbocycles. The fraction of sp³-hybridized carbons (Fsp3) is 0.348. The van der Waals surface area contributed by atoms with Crippen LogP contribution >= 0.6 is 0 Å². The summed E-state index contributed by atoms with van der Waals surface area (Å²) in [7, 11) is 0. The molecule has 0 saturated carbocycles. The summed E-state index contributed by atoms with van der Waals surface area (Å²) in [6, 6.07) is 13.5. The highest BCUT2D eigenvalue weighted by molar-refractivity contribution is 6.04. The number of nitrogens with zero attached hydrogens (tertiary/aromatic N) is 2. The number of fused-ring (bicyclic) bond motifs is 1. The summed E-state index contributed by atoms with van der Waals surface area (Å²) in [4.78, 5) is 40.6. The van der Waals surface area contributed by atoms with Crippen LogP contribution < -0.4 is 15.1 Å². The number of hydrogen-bond donors (Lipinski definition) is 1. The van der Waals surface area contributed by atoms with Gasteiger partial charge in [-0.25, -0.2) is 0 Å². The number of anilines is 3. The van der Waals surface area contributed by atoms with Gasteiger partial charge in [0, 0.05) is 43.5 Å². The van der Waals surface area contributed by atoms with Crippen molar-refractivity contribution < 1.29 is 14.4 Å². The Bertz CT molecular complexity index is 985. The Kier molecular flexibility index (Phi) is 5.09. The molecule has 1 saturated heterocycles. The van der Waals surface area contributed by atoms with Crippen LogP contribution in [-0.2, 0) is 27.2 Å². The number of rotatable bonds is 4. The Morgan fingerprint density at radius 3 is 2.72 bits per heavy atom. The maximum Gasteiger partial charge on any atom is 0.229 e. The van der Waals surface area contributed by atoms with Gasteiger partial charge in [-0.05, 0) is 48.2 Å². The van der Waals surface area contributed by atoms with Crippen molar-refractivity contribution in [2.75, 3.05) is 28.2 Å². The Balaban J connectivity index is 1.48. The second kappa shape index (κ2) is 7.70. The van der Waals surface area contributed by atoms with Gasteiger partial charge in [0.05, 0.1) is 5.92 Å². The Morgan fingerprint density at radius 1 is 1.17 bits per heavy atom. The standard InChI is InChI=1S/C23H25N3O3/c1-3-16-6-4-5-7-20(16)24-23(29)18-13-22(28)26(14-18)19-8-9-21-17(12-19)10-11-25(21)15(2)27/h4-9,12,18H,3,10-11,13-14H2,1-2H3,(H,24,29)/t18-/m0/s1. The largest absolute Gasteiger partial charge is 0.326 e. The second-order valence-electron chi connectivity index (χ2n) is 7.64. The first kappa shape index (κ1) is 19.2. The number of hydrogen-bond acceptors (Lipinski definition) is 3. The summed E-state index contributed by atoms with van der Waals surface area (Å²) < 4.78 is 0. The van der Waals surface area contributed by atoms with Gasteiger partial charge in [-0.1, -0.05) is 25.1 Å². The van der Waals surface area contributed by atoms with Gasteiger partial charge in [0.1, 0.15) is 0 Å². The van der Waals surface area contributed by atoms with Gasteiger partial charge in [-0.3, -0.25) is 14.4 Å². The number of aryl methyl sites for hydroxylation is 1. The minimum atomic E-state index is -0.380. The van der Waals surface area contributed by atoms with Gasteiger partial charge in [-0.15, -0.1) is 0 Å². The quantitative estimate of drug-likeness (QED) is 0.870. The van der Waals surface area contributed by atoms with Gasteiger partial charge >= 0.3 is 0 Å². The average molecular weight is 391 g/mol. The molecular formula is C23H25N3O3. The van der Waals surface area contributed by atoms with Crippen LogP contribution in [-0.4, -0.2) is 30.8 Å². The smallest absolute Gasteiger partial charge is 0.229 e. The predicted molar refractivity (Wildman–Crippen MR) is 113 cm³/mol. The summed E-state index contributed by atoms with van der Waals surface area (Å²) in [6.07, 6.45) is 1.82. The number of carbonyl (C=O) groups is 3. The van der Waals surface area contributed by atoms with E-state index in [1.165, 1.54) is 0 Å². The van der Waals surface area contributed by atoms with Crippen LogP contribution in [0, 0.1) is 5.92 Å². The molecule has 1 fully saturated rings. The third-order valence-electron chi connectivity index (χ3n) is 5.80. The Hall–Kier alpha value is -3.15. The van der Waals surface area contributed by atoms with Crippen molar-refractivity contribution >= 4 is 34.8 Å². The molecule has 29 heavy (non-hydrogen) atoms. The maximum absolute atomic E-state index is 12.8. The molecule has 2 aliphatic heterocycles. The second-order valence-corrected chi connectivity index (χ2v) is 7.64. The van der Waals surface area contributed by atoms with E-state index < -0.39 is 0 Å². The normalized spacial score (nSPS) is 18.1. The zero-order valence-electron chi connectivity index (χ0n) is 16.8. The SMILES string of the molecule is CCc1ccccc1NC(=O)[C@H]1CC(=O)N(c2ccc3c(c2)CCN3C(C)=O)C1. The van der Waals surface area contributed by atoms with Crippen LogP contribution in [0.4, 0.5) is 17.1 Å². The lowest BCUT2D eigenvalue weighted by Gasteiger charge is -2.19. The van der Waals surface area contributed by atoms with Gasteiger partial charge < -0.3 is 15.1 Å². The van der Waals surface area contributed by atoms with Crippen molar-refractivity contribution in [2.24, 2.45) is 5.92 Å². The number of para-hydroxylation sites is 1. The third kappa shape index (κ3) is 3.62. The average Bonchev–Trinajstić information content (AvgIpc) is 3.31. The van der Waals surface area contributed by atoms with Crippen molar-refractivity contribution in [3.05, 3.63) is 53.6 Å². The molecule has 3 amide bonds. The number of amides is 3. The van der Waals surface area contributed by atoms with E-state index >= 15 is 0 Å². The molecule has 6 heteroatoms. The summed E-state index contributed by atoms with van der Waals surface area (Å²) in [5, 5.41) is 2.99. The van der Waals surface area contributed by atoms with Crippen LogP contribution in [0.3, 0.4) is 0 Å². The molecule has 0 spiro atoms. The van der Waals surface area contributed by atoms with Crippen LogP contribution in [0.15, 0.2) is 42.5 Å². The fourth-order valence-corrected chi connectivity index (χ4v) is 4.20. The van der Waals surface area contributed by atoms with E-state index in [1.807, 2.05) is 49.4 Å². The summed E-state index contributed by atoms with van der Waals surface area (Å²) in [5.74, 6) is -0.520. The molecule has 0 bridgehead atoms. The van der Waals surface area contributed by atoms with Crippen LogP contribution in [0.25, 0.3) is 0 Å². The minimum Gasteiger partial charge on any atom is -0.326 e. The summed E-state index contributed by atoms with van der Waals surface area (Å²) >= 11 is 0. The molecule has 0 aromatic heterocycles. The lowest BCUT2D eigenvalue weighted by Crippen LogP contribution is -2.28. The molecule has 4 rings (SSSR count). The van der Waals surface area contributed by atoms with E-state index in [1.54, 1.807) is 16.7 Å². The molecule has 1 N–H and O–H groups in total. The van der Waals surface area contributed by atoms with E-state index in [0.29, 0.717) is 13.1 Å². The molecule has 2 heterocycles. The fourth-order valence-electron chi connectivity index (χ4n) is 4.20. The van der Waals surface area contributed by atoms with Crippen LogP contribution in [0.1, 0.15) is 31.4 Å². The molecule has 0 radical (unpaired) electrons. The van der Waals surface area contributed by atoms with E-state index in [0.717, 1.165) is 41.0 Å². The van der Waals surface area contributed by atoms with Crippen molar-refractivity contribution in [2.45, 2.75) is 33.1 Å². The summed E-state index contributed by atoms with van der Waals surface area (Å²) in [6.45, 7) is 4.65. The highest BCUT2D eigenvalue weighted by Crippen LogP contribution is 2.34. The van der Waals surface area contributed by atoms with Gasteiger partial charge in [0.2, 0.25) is 17.7 Å². The summed E-state index contributed by atoms with van der Waals surface area (Å²) in [5.41, 5.74) is 4.67. The first-order chi connectivity index (χ1) is 14.0. The predicted octanol–water partition coefficient (Wildman–Crippen LogP) is 3.15. The van der Waals surface area contributed by atoms with E-state index in [4.69, 9.17) is 0 Å². The van der Waals surface area contributed by atoms with Crippen molar-refractivity contribution in [3.63, 3.8) is 0 Å². The first-order valence-electron chi connectivity index (χ1n) is 10.1. The zero-order valence-corrected chi connectivity index (χ0v) is 16.8. The molecule has 2 aromatic rings. The molecule has 0 unspecified atom stereocenters. The third-order valence-corrected chi connectivity index (χ3v) is 5.80. The van der Waals surface area contributed by atoms with E-state index in [-0.39, 0.29) is 30.1 Å². The topological polar surface area (TPSA) is 69.7 Å². The van der Waals surface area contributed by atoms with Gasteiger partial charge in [0.25, 0.3) is 0 Å². The Labute approximate surface area is 170 Å². The molecule has 150 valence electrons. The number of benzene rings is 2. The maximum atomic E-state index is 12.8. The minimum absolute atomic E-state index is 0.0258. The number of carbonyl (C=O) groups excluding carboxylic acids is 3. The molecule has 0 aliphatic carbocycles. The lowest BCUT2D eigenvalue weighted by molar-refractivity contribution is -0.122. The van der Waals surface area contributed by atoms with E-state index in [9.17, 15) is 14.4 Å². The lowest BCUT2D eigenvalue weighted by atomic mass is 10.1. The number of nitrogens with one attached hydrogen (secondary N) is 1. The van der Waals surface area contributed by atoms with Crippen LogP contribution in [0.2, 0.25) is 0 Å². The highest BCUT2D eigenvalue weighted by Gasteiger charge is 2.36.